The number of pyridine rings is 1. The Kier molecular flexibility index (Phi) is 7.22. The Hall–Kier alpha value is -1.42. The average Bonchev–Trinajstić information content (AvgIpc) is 2.73. The van der Waals surface area contributed by atoms with E-state index in [-0.39, 0.29) is 18.3 Å². The molecule has 0 amide bonds. The SMILES string of the molecule is Cc1ccc(C2CCCc3ccccc3C2(O)CCCN(C)C)cn1.Cl. The van der Waals surface area contributed by atoms with E-state index in [0.29, 0.717) is 0 Å². The minimum absolute atomic E-state index is 0. The van der Waals surface area contributed by atoms with E-state index in [2.05, 4.69) is 60.4 Å². The van der Waals surface area contributed by atoms with Crippen molar-refractivity contribution in [3.8, 4) is 0 Å². The predicted molar refractivity (Wildman–Crippen MR) is 110 cm³/mol. The standard InChI is InChI=1S/C22H30N2O.ClH/c1-17-12-13-19(16-23-17)21-11-6-9-18-8-4-5-10-20(18)22(21,25)14-7-15-24(2)3;/h4-5,8,10,12-13,16,21,25H,6-7,9,11,14-15H2,1-3H3;1H. The van der Waals surface area contributed by atoms with Crippen LogP contribution in [0.25, 0.3) is 0 Å². The molecule has 0 bridgehead atoms. The summed E-state index contributed by atoms with van der Waals surface area (Å²) in [4.78, 5) is 6.68. The van der Waals surface area contributed by atoms with E-state index >= 15 is 0 Å². The van der Waals surface area contributed by atoms with Crippen molar-refractivity contribution in [3.63, 3.8) is 0 Å². The summed E-state index contributed by atoms with van der Waals surface area (Å²) in [6, 6.07) is 12.7. The van der Waals surface area contributed by atoms with Crippen LogP contribution < -0.4 is 0 Å². The van der Waals surface area contributed by atoms with E-state index in [4.69, 9.17) is 0 Å². The number of benzene rings is 1. The fourth-order valence-corrected chi connectivity index (χ4v) is 4.19. The quantitative estimate of drug-likeness (QED) is 0.785. The molecule has 0 radical (unpaired) electrons. The second-order valence-corrected chi connectivity index (χ2v) is 7.67. The van der Waals surface area contributed by atoms with E-state index in [1.54, 1.807) is 0 Å². The fraction of sp³-hybridized carbons (Fsp3) is 0.500. The highest BCUT2D eigenvalue weighted by atomic mass is 35.5. The number of hydrogen-bond acceptors (Lipinski definition) is 3. The molecule has 2 atom stereocenters. The van der Waals surface area contributed by atoms with Crippen LogP contribution in [-0.2, 0) is 12.0 Å². The molecule has 0 saturated carbocycles. The molecule has 1 aliphatic rings. The van der Waals surface area contributed by atoms with Crippen LogP contribution in [0.5, 0.6) is 0 Å². The Bertz CT molecular complexity index is 702. The molecular weight excluding hydrogens is 344 g/mol. The molecule has 2 aromatic rings. The molecule has 1 N–H and O–H groups in total. The van der Waals surface area contributed by atoms with Gasteiger partial charge in [0.25, 0.3) is 0 Å². The normalized spacial score (nSPS) is 22.4. The van der Waals surface area contributed by atoms with Crippen molar-refractivity contribution >= 4 is 12.4 Å². The van der Waals surface area contributed by atoms with E-state index in [0.717, 1.165) is 55.5 Å². The molecular formula is C22H31ClN2O. The van der Waals surface area contributed by atoms with Crippen LogP contribution in [0.15, 0.2) is 42.6 Å². The third-order valence-corrected chi connectivity index (χ3v) is 5.50. The first kappa shape index (κ1) is 20.9. The third kappa shape index (κ3) is 4.46. The molecule has 1 aromatic carbocycles. The lowest BCUT2D eigenvalue weighted by Gasteiger charge is -2.37. The van der Waals surface area contributed by atoms with E-state index in [9.17, 15) is 5.11 Å². The summed E-state index contributed by atoms with van der Waals surface area (Å²) in [6.45, 7) is 3.00. The van der Waals surface area contributed by atoms with Crippen LogP contribution in [0.1, 0.15) is 54.0 Å². The van der Waals surface area contributed by atoms with Gasteiger partial charge in [0.1, 0.15) is 0 Å². The van der Waals surface area contributed by atoms with Crippen molar-refractivity contribution in [3.05, 3.63) is 65.0 Å². The van der Waals surface area contributed by atoms with Gasteiger partial charge in [0.15, 0.2) is 0 Å². The molecule has 0 aliphatic heterocycles. The second kappa shape index (κ2) is 8.98. The van der Waals surface area contributed by atoms with Crippen molar-refractivity contribution in [1.29, 1.82) is 0 Å². The van der Waals surface area contributed by atoms with Crippen molar-refractivity contribution in [2.75, 3.05) is 20.6 Å². The molecule has 4 heteroatoms. The maximum Gasteiger partial charge on any atom is 0.0968 e. The van der Waals surface area contributed by atoms with Gasteiger partial charge < -0.3 is 10.0 Å². The lowest BCUT2D eigenvalue weighted by atomic mass is 9.73. The van der Waals surface area contributed by atoms with E-state index in [1.165, 1.54) is 5.56 Å². The molecule has 1 aliphatic carbocycles. The van der Waals surface area contributed by atoms with Crippen LogP contribution in [0, 0.1) is 6.92 Å². The molecule has 0 spiro atoms. The molecule has 142 valence electrons. The largest absolute Gasteiger partial charge is 0.385 e. The van der Waals surface area contributed by atoms with Gasteiger partial charge in [-0.05, 0) is 82.4 Å². The first-order valence-electron chi connectivity index (χ1n) is 9.39. The minimum atomic E-state index is -0.819. The molecule has 1 aromatic heterocycles. The Morgan fingerprint density at radius 1 is 1.19 bits per heavy atom. The van der Waals surface area contributed by atoms with Crippen molar-refractivity contribution in [2.45, 2.75) is 50.5 Å². The maximum absolute atomic E-state index is 12.0. The smallest absolute Gasteiger partial charge is 0.0968 e. The highest BCUT2D eigenvalue weighted by Gasteiger charge is 2.41. The van der Waals surface area contributed by atoms with E-state index < -0.39 is 5.60 Å². The van der Waals surface area contributed by atoms with Crippen LogP contribution in [-0.4, -0.2) is 35.6 Å². The van der Waals surface area contributed by atoms with Crippen LogP contribution in [0.3, 0.4) is 0 Å². The topological polar surface area (TPSA) is 36.4 Å². The number of aryl methyl sites for hydroxylation is 2. The Labute approximate surface area is 163 Å². The van der Waals surface area contributed by atoms with Crippen LogP contribution >= 0.6 is 12.4 Å². The molecule has 0 saturated heterocycles. The van der Waals surface area contributed by atoms with Gasteiger partial charge in [0.05, 0.1) is 5.60 Å². The first-order valence-corrected chi connectivity index (χ1v) is 9.39. The highest BCUT2D eigenvalue weighted by Crippen LogP contribution is 2.46. The van der Waals surface area contributed by atoms with Gasteiger partial charge in [0, 0.05) is 17.8 Å². The number of aliphatic hydroxyl groups is 1. The summed E-state index contributed by atoms with van der Waals surface area (Å²) >= 11 is 0. The minimum Gasteiger partial charge on any atom is -0.385 e. The summed E-state index contributed by atoms with van der Waals surface area (Å²) in [5.41, 5.74) is 3.79. The number of hydrogen-bond donors (Lipinski definition) is 1. The molecule has 26 heavy (non-hydrogen) atoms. The first-order chi connectivity index (χ1) is 12.0. The van der Waals surface area contributed by atoms with Crippen molar-refractivity contribution in [2.24, 2.45) is 0 Å². The van der Waals surface area contributed by atoms with Gasteiger partial charge in [-0.25, -0.2) is 0 Å². The Morgan fingerprint density at radius 2 is 1.96 bits per heavy atom. The van der Waals surface area contributed by atoms with Gasteiger partial charge in [-0.2, -0.15) is 0 Å². The predicted octanol–water partition coefficient (Wildman–Crippen LogP) is 4.46. The zero-order valence-electron chi connectivity index (χ0n) is 16.1. The van der Waals surface area contributed by atoms with Gasteiger partial charge in [0.2, 0.25) is 0 Å². The summed E-state index contributed by atoms with van der Waals surface area (Å²) in [5.74, 6) is 0.103. The van der Waals surface area contributed by atoms with Crippen molar-refractivity contribution < 1.29 is 5.11 Å². The van der Waals surface area contributed by atoms with Gasteiger partial charge in [-0.3, -0.25) is 4.98 Å². The van der Waals surface area contributed by atoms with E-state index in [1.807, 2.05) is 13.1 Å². The van der Waals surface area contributed by atoms with Crippen LogP contribution in [0.2, 0.25) is 0 Å². The third-order valence-electron chi connectivity index (χ3n) is 5.50. The summed E-state index contributed by atoms with van der Waals surface area (Å²) in [7, 11) is 4.18. The number of fused-ring (bicyclic) bond motifs is 1. The monoisotopic (exact) mass is 374 g/mol. The van der Waals surface area contributed by atoms with Gasteiger partial charge in [-0.15, -0.1) is 12.4 Å². The lowest BCUT2D eigenvalue weighted by Crippen LogP contribution is -2.34. The second-order valence-electron chi connectivity index (χ2n) is 7.67. The highest BCUT2D eigenvalue weighted by molar-refractivity contribution is 5.85. The number of aromatic nitrogens is 1. The Balaban J connectivity index is 0.00000243. The van der Waals surface area contributed by atoms with Gasteiger partial charge >= 0.3 is 0 Å². The number of nitrogens with zero attached hydrogens (tertiary/aromatic N) is 2. The number of halogens is 1. The molecule has 1 heterocycles. The molecule has 3 nitrogen and oxygen atoms in total. The maximum atomic E-state index is 12.0. The van der Waals surface area contributed by atoms with Crippen molar-refractivity contribution in [1.82, 2.24) is 9.88 Å². The molecule has 2 unspecified atom stereocenters. The summed E-state index contributed by atoms with van der Waals surface area (Å²) in [5, 5.41) is 12.0. The molecule has 3 rings (SSSR count). The average molecular weight is 375 g/mol. The molecule has 0 fully saturated rings. The van der Waals surface area contributed by atoms with Gasteiger partial charge in [-0.1, -0.05) is 30.3 Å². The summed E-state index contributed by atoms with van der Waals surface area (Å²) < 4.78 is 0. The van der Waals surface area contributed by atoms with Crippen LogP contribution in [0.4, 0.5) is 0 Å². The zero-order chi connectivity index (χ0) is 17.9. The zero-order valence-corrected chi connectivity index (χ0v) is 16.9. The Morgan fingerprint density at radius 3 is 2.65 bits per heavy atom. The summed E-state index contributed by atoms with van der Waals surface area (Å²) in [6.07, 6.45) is 6.87. The lowest BCUT2D eigenvalue weighted by molar-refractivity contribution is -0.00615. The fourth-order valence-electron chi connectivity index (χ4n) is 4.19. The number of rotatable bonds is 5.